The zero-order chi connectivity index (χ0) is 15.2. The maximum atomic E-state index is 5.46. The van der Waals surface area contributed by atoms with Crippen LogP contribution in [0.25, 0.3) is 0 Å². The van der Waals surface area contributed by atoms with E-state index in [0.717, 1.165) is 17.9 Å². The van der Waals surface area contributed by atoms with Gasteiger partial charge >= 0.3 is 0 Å². The number of aromatic nitrogens is 1. The summed E-state index contributed by atoms with van der Waals surface area (Å²) < 4.78 is 5.46. The van der Waals surface area contributed by atoms with E-state index in [-0.39, 0.29) is 6.04 Å². The molecular weight excluding hydrogens is 260 g/mol. The summed E-state index contributed by atoms with van der Waals surface area (Å²) in [4.78, 5) is 4.10. The maximum absolute atomic E-state index is 5.46. The van der Waals surface area contributed by atoms with Gasteiger partial charge in [-0.25, -0.2) is 0 Å². The first-order valence-corrected chi connectivity index (χ1v) is 7.45. The van der Waals surface area contributed by atoms with E-state index in [1.807, 2.05) is 12.4 Å². The predicted molar refractivity (Wildman–Crippen MR) is 86.8 cm³/mol. The molecule has 1 N–H and O–H groups in total. The molecule has 0 fully saturated rings. The van der Waals surface area contributed by atoms with E-state index in [0.29, 0.717) is 5.92 Å². The van der Waals surface area contributed by atoms with E-state index in [9.17, 15) is 0 Å². The lowest BCUT2D eigenvalue weighted by Crippen LogP contribution is -2.25. The molecule has 0 saturated heterocycles. The van der Waals surface area contributed by atoms with Crippen LogP contribution in [0.2, 0.25) is 0 Å². The van der Waals surface area contributed by atoms with Gasteiger partial charge in [0.1, 0.15) is 5.75 Å². The molecule has 2 aromatic rings. The summed E-state index contributed by atoms with van der Waals surface area (Å²) in [6.45, 7) is 7.38. The number of pyridine rings is 1. The van der Waals surface area contributed by atoms with Crippen molar-refractivity contribution in [2.45, 2.75) is 32.7 Å². The molecule has 0 aliphatic heterocycles. The van der Waals surface area contributed by atoms with Crippen molar-refractivity contribution in [3.05, 3.63) is 59.4 Å². The minimum atomic E-state index is 0.256. The molecule has 0 saturated carbocycles. The standard InChI is InChI=1S/C18H24N2O/c1-5-20-18(14(3)15-8-10-19-11-9-15)16-7-6-13(2)17(12-16)21-4/h6-12,14,18,20H,5H2,1-4H3. The van der Waals surface area contributed by atoms with E-state index >= 15 is 0 Å². The maximum Gasteiger partial charge on any atom is 0.122 e. The zero-order valence-electron chi connectivity index (χ0n) is 13.3. The molecule has 0 radical (unpaired) electrons. The van der Waals surface area contributed by atoms with Crippen molar-refractivity contribution in [2.24, 2.45) is 0 Å². The van der Waals surface area contributed by atoms with E-state index in [2.05, 4.69) is 61.4 Å². The van der Waals surface area contributed by atoms with Crippen molar-refractivity contribution in [3.8, 4) is 5.75 Å². The third kappa shape index (κ3) is 3.61. The molecule has 3 heteroatoms. The van der Waals surface area contributed by atoms with Crippen LogP contribution < -0.4 is 10.1 Å². The van der Waals surface area contributed by atoms with Crippen LogP contribution in [0, 0.1) is 6.92 Å². The second kappa shape index (κ2) is 7.23. The summed E-state index contributed by atoms with van der Waals surface area (Å²) in [5.41, 5.74) is 3.70. The van der Waals surface area contributed by atoms with Gasteiger partial charge in [0.2, 0.25) is 0 Å². The lowest BCUT2D eigenvalue weighted by molar-refractivity contribution is 0.408. The molecule has 1 heterocycles. The Bertz CT molecular complexity index is 569. The molecule has 3 nitrogen and oxygen atoms in total. The number of nitrogens with zero attached hydrogens (tertiary/aromatic N) is 1. The first kappa shape index (κ1) is 15.5. The third-order valence-corrected chi connectivity index (χ3v) is 3.95. The van der Waals surface area contributed by atoms with Crippen LogP contribution in [0.15, 0.2) is 42.7 Å². The number of nitrogens with one attached hydrogen (secondary N) is 1. The number of hydrogen-bond acceptors (Lipinski definition) is 3. The van der Waals surface area contributed by atoms with Gasteiger partial charge in [0, 0.05) is 24.4 Å². The molecule has 21 heavy (non-hydrogen) atoms. The quantitative estimate of drug-likeness (QED) is 0.874. The van der Waals surface area contributed by atoms with Crippen LogP contribution >= 0.6 is 0 Å². The highest BCUT2D eigenvalue weighted by Crippen LogP contribution is 2.32. The average molecular weight is 284 g/mol. The minimum Gasteiger partial charge on any atom is -0.496 e. The highest BCUT2D eigenvalue weighted by Gasteiger charge is 2.20. The van der Waals surface area contributed by atoms with Crippen molar-refractivity contribution >= 4 is 0 Å². The van der Waals surface area contributed by atoms with Gasteiger partial charge in [-0.05, 0) is 48.4 Å². The molecular formula is C18H24N2O. The van der Waals surface area contributed by atoms with Gasteiger partial charge in [-0.1, -0.05) is 26.0 Å². The van der Waals surface area contributed by atoms with Crippen molar-refractivity contribution in [1.82, 2.24) is 10.3 Å². The minimum absolute atomic E-state index is 0.256. The Morgan fingerprint density at radius 3 is 2.48 bits per heavy atom. The fourth-order valence-electron chi connectivity index (χ4n) is 2.69. The highest BCUT2D eigenvalue weighted by molar-refractivity contribution is 5.39. The summed E-state index contributed by atoms with van der Waals surface area (Å²) in [5.74, 6) is 1.30. The Kier molecular flexibility index (Phi) is 5.34. The molecule has 0 aliphatic rings. The largest absolute Gasteiger partial charge is 0.496 e. The number of likely N-dealkylation sites (N-methyl/N-ethyl adjacent to an activating group) is 1. The van der Waals surface area contributed by atoms with Gasteiger partial charge < -0.3 is 10.1 Å². The average Bonchev–Trinajstić information content (AvgIpc) is 2.53. The first-order chi connectivity index (χ1) is 10.2. The van der Waals surface area contributed by atoms with Crippen molar-refractivity contribution in [3.63, 3.8) is 0 Å². The predicted octanol–water partition coefficient (Wildman–Crippen LogP) is 3.85. The summed E-state index contributed by atoms with van der Waals surface area (Å²) >= 11 is 0. The van der Waals surface area contributed by atoms with E-state index in [1.54, 1.807) is 7.11 Å². The van der Waals surface area contributed by atoms with Gasteiger partial charge in [0.15, 0.2) is 0 Å². The van der Waals surface area contributed by atoms with Gasteiger partial charge in [-0.2, -0.15) is 0 Å². The van der Waals surface area contributed by atoms with E-state index in [1.165, 1.54) is 11.1 Å². The number of benzene rings is 1. The number of hydrogen-bond donors (Lipinski definition) is 1. The number of aryl methyl sites for hydroxylation is 1. The smallest absolute Gasteiger partial charge is 0.122 e. The Morgan fingerprint density at radius 1 is 1.14 bits per heavy atom. The van der Waals surface area contributed by atoms with Gasteiger partial charge in [0.05, 0.1) is 7.11 Å². The molecule has 2 unspecified atom stereocenters. The Balaban J connectivity index is 2.34. The summed E-state index contributed by atoms with van der Waals surface area (Å²) in [6, 6.07) is 10.9. The summed E-state index contributed by atoms with van der Waals surface area (Å²) in [6.07, 6.45) is 3.70. The number of methoxy groups -OCH3 is 1. The zero-order valence-corrected chi connectivity index (χ0v) is 13.3. The Hall–Kier alpha value is -1.87. The van der Waals surface area contributed by atoms with Crippen LogP contribution in [0.4, 0.5) is 0 Å². The fourth-order valence-corrected chi connectivity index (χ4v) is 2.69. The van der Waals surface area contributed by atoms with Crippen molar-refractivity contribution < 1.29 is 4.74 Å². The Morgan fingerprint density at radius 2 is 1.86 bits per heavy atom. The molecule has 0 bridgehead atoms. The van der Waals surface area contributed by atoms with Gasteiger partial charge in [0.25, 0.3) is 0 Å². The molecule has 112 valence electrons. The molecule has 1 aromatic heterocycles. The Labute approximate surface area is 127 Å². The van der Waals surface area contributed by atoms with Crippen LogP contribution in [0.3, 0.4) is 0 Å². The second-order valence-corrected chi connectivity index (χ2v) is 5.33. The van der Waals surface area contributed by atoms with Crippen LogP contribution in [-0.2, 0) is 0 Å². The molecule has 0 amide bonds. The monoisotopic (exact) mass is 284 g/mol. The van der Waals surface area contributed by atoms with E-state index in [4.69, 9.17) is 4.74 Å². The number of rotatable bonds is 6. The lowest BCUT2D eigenvalue weighted by atomic mass is 9.88. The molecule has 1 aromatic carbocycles. The van der Waals surface area contributed by atoms with Crippen LogP contribution in [0.1, 0.15) is 42.5 Å². The topological polar surface area (TPSA) is 34.1 Å². The first-order valence-electron chi connectivity index (χ1n) is 7.45. The summed E-state index contributed by atoms with van der Waals surface area (Å²) in [5, 5.41) is 3.59. The second-order valence-electron chi connectivity index (χ2n) is 5.33. The molecule has 0 spiro atoms. The third-order valence-electron chi connectivity index (χ3n) is 3.95. The number of ether oxygens (including phenoxy) is 1. The molecule has 2 rings (SSSR count). The normalized spacial score (nSPS) is 13.7. The van der Waals surface area contributed by atoms with Crippen LogP contribution in [0.5, 0.6) is 5.75 Å². The fraction of sp³-hybridized carbons (Fsp3) is 0.389. The van der Waals surface area contributed by atoms with Crippen molar-refractivity contribution in [1.29, 1.82) is 0 Å². The molecule has 0 aliphatic carbocycles. The van der Waals surface area contributed by atoms with Crippen LogP contribution in [-0.4, -0.2) is 18.6 Å². The lowest BCUT2D eigenvalue weighted by Gasteiger charge is -2.26. The van der Waals surface area contributed by atoms with Gasteiger partial charge in [-0.3, -0.25) is 4.98 Å². The SMILES string of the molecule is CCNC(c1ccc(C)c(OC)c1)C(C)c1ccncc1. The van der Waals surface area contributed by atoms with Gasteiger partial charge in [-0.15, -0.1) is 0 Å². The summed E-state index contributed by atoms with van der Waals surface area (Å²) in [7, 11) is 1.72. The highest BCUT2D eigenvalue weighted by atomic mass is 16.5. The van der Waals surface area contributed by atoms with E-state index < -0.39 is 0 Å². The van der Waals surface area contributed by atoms with Crippen molar-refractivity contribution in [2.75, 3.05) is 13.7 Å². The molecule has 2 atom stereocenters.